The number of nitrogens with zero attached hydrogens (tertiary/aromatic N) is 4. The number of aryl methyl sites for hydroxylation is 1. The summed E-state index contributed by atoms with van der Waals surface area (Å²) in [4.78, 5) is 14.3. The van der Waals surface area contributed by atoms with Crippen LogP contribution in [0.15, 0.2) is 53.7 Å². The lowest BCUT2D eigenvalue weighted by Gasteiger charge is -2.21. The summed E-state index contributed by atoms with van der Waals surface area (Å²) in [5, 5.41) is 8.91. The SMILES string of the molecule is Cc1ccccc1-c1nnc(S[C@H](C)C(=O)N(C)Cc2cccc(F)c2)n1C. The van der Waals surface area contributed by atoms with Gasteiger partial charge in [0.25, 0.3) is 0 Å². The second-order valence-corrected chi connectivity index (χ2v) is 8.07. The van der Waals surface area contributed by atoms with Crippen LogP contribution in [0, 0.1) is 12.7 Å². The second kappa shape index (κ2) is 8.56. The van der Waals surface area contributed by atoms with Gasteiger partial charge in [-0.1, -0.05) is 48.2 Å². The Hall–Kier alpha value is -2.67. The molecule has 1 aromatic heterocycles. The van der Waals surface area contributed by atoms with Crippen molar-refractivity contribution in [2.75, 3.05) is 7.05 Å². The van der Waals surface area contributed by atoms with Crippen molar-refractivity contribution in [3.05, 3.63) is 65.5 Å². The number of hydrogen-bond donors (Lipinski definition) is 0. The van der Waals surface area contributed by atoms with Crippen LogP contribution in [-0.2, 0) is 18.4 Å². The zero-order valence-corrected chi connectivity index (χ0v) is 17.2. The molecule has 146 valence electrons. The Morgan fingerprint density at radius 2 is 1.96 bits per heavy atom. The molecule has 0 N–H and O–H groups in total. The smallest absolute Gasteiger partial charge is 0.235 e. The third-order valence-corrected chi connectivity index (χ3v) is 5.66. The molecular formula is C21H23FN4OS. The number of hydrogen-bond acceptors (Lipinski definition) is 4. The van der Waals surface area contributed by atoms with E-state index in [9.17, 15) is 9.18 Å². The van der Waals surface area contributed by atoms with E-state index in [0.29, 0.717) is 11.7 Å². The summed E-state index contributed by atoms with van der Waals surface area (Å²) >= 11 is 1.37. The minimum atomic E-state index is -0.342. The molecule has 0 unspecified atom stereocenters. The predicted octanol–water partition coefficient (Wildman–Crippen LogP) is 4.07. The molecular weight excluding hydrogens is 375 g/mol. The van der Waals surface area contributed by atoms with Gasteiger partial charge in [0, 0.05) is 26.2 Å². The largest absolute Gasteiger partial charge is 0.340 e. The maximum atomic E-state index is 13.4. The average molecular weight is 399 g/mol. The number of aromatic nitrogens is 3. The number of thioether (sulfide) groups is 1. The summed E-state index contributed by atoms with van der Waals surface area (Å²) in [5.41, 5.74) is 2.90. The lowest BCUT2D eigenvalue weighted by Crippen LogP contribution is -2.33. The fourth-order valence-electron chi connectivity index (χ4n) is 2.98. The van der Waals surface area contributed by atoms with Gasteiger partial charge in [0.05, 0.1) is 5.25 Å². The van der Waals surface area contributed by atoms with Crippen molar-refractivity contribution in [3.63, 3.8) is 0 Å². The molecule has 0 aliphatic rings. The van der Waals surface area contributed by atoms with Gasteiger partial charge in [-0.3, -0.25) is 4.79 Å². The van der Waals surface area contributed by atoms with Crippen LogP contribution in [0.5, 0.6) is 0 Å². The molecule has 0 spiro atoms. The maximum absolute atomic E-state index is 13.4. The fraction of sp³-hybridized carbons (Fsp3) is 0.286. The third-order valence-electron chi connectivity index (χ3n) is 4.54. The van der Waals surface area contributed by atoms with E-state index in [1.54, 1.807) is 18.0 Å². The van der Waals surface area contributed by atoms with Gasteiger partial charge in [-0.15, -0.1) is 10.2 Å². The van der Waals surface area contributed by atoms with E-state index in [-0.39, 0.29) is 17.0 Å². The van der Waals surface area contributed by atoms with E-state index in [4.69, 9.17) is 0 Å². The van der Waals surface area contributed by atoms with Crippen molar-refractivity contribution < 1.29 is 9.18 Å². The number of carbonyl (C=O) groups is 1. The molecule has 0 radical (unpaired) electrons. The first-order valence-electron chi connectivity index (χ1n) is 8.98. The second-order valence-electron chi connectivity index (χ2n) is 6.76. The molecule has 1 amide bonds. The summed E-state index contributed by atoms with van der Waals surface area (Å²) in [7, 11) is 3.62. The third kappa shape index (κ3) is 4.42. The van der Waals surface area contributed by atoms with E-state index in [0.717, 1.165) is 22.5 Å². The van der Waals surface area contributed by atoms with Crippen LogP contribution >= 0.6 is 11.8 Å². The summed E-state index contributed by atoms with van der Waals surface area (Å²) < 4.78 is 15.3. The molecule has 1 atom stereocenters. The fourth-order valence-corrected chi connectivity index (χ4v) is 3.91. The Morgan fingerprint density at radius 3 is 2.68 bits per heavy atom. The number of rotatable bonds is 6. The van der Waals surface area contributed by atoms with E-state index in [2.05, 4.69) is 10.2 Å². The molecule has 0 bridgehead atoms. The lowest BCUT2D eigenvalue weighted by molar-refractivity contribution is -0.129. The van der Waals surface area contributed by atoms with E-state index in [1.165, 1.54) is 23.9 Å². The van der Waals surface area contributed by atoms with Crippen LogP contribution in [0.4, 0.5) is 4.39 Å². The summed E-state index contributed by atoms with van der Waals surface area (Å²) in [6.45, 7) is 4.23. The molecule has 5 nitrogen and oxygen atoms in total. The number of amides is 1. The Morgan fingerprint density at radius 1 is 1.21 bits per heavy atom. The monoisotopic (exact) mass is 398 g/mol. The molecule has 0 fully saturated rings. The molecule has 0 saturated carbocycles. The molecule has 0 saturated heterocycles. The highest BCUT2D eigenvalue weighted by atomic mass is 32.2. The van der Waals surface area contributed by atoms with Gasteiger partial charge in [-0.2, -0.15) is 0 Å². The van der Waals surface area contributed by atoms with Gasteiger partial charge in [-0.25, -0.2) is 4.39 Å². The Bertz CT molecular complexity index is 988. The van der Waals surface area contributed by atoms with Gasteiger partial charge in [0.15, 0.2) is 11.0 Å². The molecule has 0 aliphatic carbocycles. The van der Waals surface area contributed by atoms with E-state index < -0.39 is 0 Å². The number of halogens is 1. The zero-order chi connectivity index (χ0) is 20.3. The van der Waals surface area contributed by atoms with Crippen LogP contribution < -0.4 is 0 Å². The van der Waals surface area contributed by atoms with Crippen molar-refractivity contribution in [2.45, 2.75) is 30.8 Å². The standard InChI is InChI=1S/C21H23FN4OS/c1-14-8-5-6-11-18(14)19-23-24-21(26(19)4)28-15(2)20(27)25(3)13-16-9-7-10-17(22)12-16/h5-12,15H,13H2,1-4H3/t15-/m1/s1. The molecule has 3 aromatic rings. The average Bonchev–Trinajstić information content (AvgIpc) is 3.01. The minimum Gasteiger partial charge on any atom is -0.340 e. The van der Waals surface area contributed by atoms with Crippen molar-refractivity contribution in [1.82, 2.24) is 19.7 Å². The van der Waals surface area contributed by atoms with Crippen LogP contribution in [0.25, 0.3) is 11.4 Å². The normalized spacial score (nSPS) is 12.0. The van der Waals surface area contributed by atoms with E-state index >= 15 is 0 Å². The predicted molar refractivity (Wildman–Crippen MR) is 109 cm³/mol. The van der Waals surface area contributed by atoms with Crippen molar-refractivity contribution in [1.29, 1.82) is 0 Å². The topological polar surface area (TPSA) is 51.0 Å². The highest BCUT2D eigenvalue weighted by molar-refractivity contribution is 8.00. The number of benzene rings is 2. The highest BCUT2D eigenvalue weighted by Gasteiger charge is 2.22. The van der Waals surface area contributed by atoms with Crippen LogP contribution in [0.1, 0.15) is 18.1 Å². The first-order valence-corrected chi connectivity index (χ1v) is 9.86. The Kier molecular flexibility index (Phi) is 6.14. The molecule has 28 heavy (non-hydrogen) atoms. The zero-order valence-electron chi connectivity index (χ0n) is 16.4. The van der Waals surface area contributed by atoms with Crippen LogP contribution in [0.3, 0.4) is 0 Å². The molecule has 2 aromatic carbocycles. The van der Waals surface area contributed by atoms with Crippen LogP contribution in [-0.4, -0.2) is 37.9 Å². The molecule has 7 heteroatoms. The first-order chi connectivity index (χ1) is 13.4. The van der Waals surface area contributed by atoms with Gasteiger partial charge < -0.3 is 9.47 Å². The first kappa shape index (κ1) is 20.1. The van der Waals surface area contributed by atoms with Gasteiger partial charge >= 0.3 is 0 Å². The van der Waals surface area contributed by atoms with Crippen molar-refractivity contribution >= 4 is 17.7 Å². The minimum absolute atomic E-state index is 0.0466. The molecule has 3 rings (SSSR count). The highest BCUT2D eigenvalue weighted by Crippen LogP contribution is 2.28. The van der Waals surface area contributed by atoms with Gasteiger partial charge in [-0.05, 0) is 37.1 Å². The Balaban J connectivity index is 1.70. The van der Waals surface area contributed by atoms with Gasteiger partial charge in [0.1, 0.15) is 5.82 Å². The molecule has 0 aliphatic heterocycles. The summed E-state index contributed by atoms with van der Waals surface area (Å²) in [6.07, 6.45) is 0. The lowest BCUT2D eigenvalue weighted by atomic mass is 10.1. The Labute approximate surface area is 168 Å². The summed E-state index contributed by atoms with van der Waals surface area (Å²) in [5.74, 6) is 0.423. The van der Waals surface area contributed by atoms with Crippen molar-refractivity contribution in [2.24, 2.45) is 7.05 Å². The van der Waals surface area contributed by atoms with E-state index in [1.807, 2.05) is 55.8 Å². The molecule has 1 heterocycles. The maximum Gasteiger partial charge on any atom is 0.235 e. The quantitative estimate of drug-likeness (QED) is 0.588. The van der Waals surface area contributed by atoms with Crippen molar-refractivity contribution in [3.8, 4) is 11.4 Å². The number of carbonyl (C=O) groups excluding carboxylic acids is 1. The van der Waals surface area contributed by atoms with Crippen LogP contribution in [0.2, 0.25) is 0 Å². The van der Waals surface area contributed by atoms with Gasteiger partial charge in [0.2, 0.25) is 5.91 Å². The summed E-state index contributed by atoms with van der Waals surface area (Å²) in [6, 6.07) is 14.3.